The molecule has 2 aromatic heterocycles. The number of hydrogen-bond donors (Lipinski definition) is 1. The Morgan fingerprint density at radius 2 is 2.22 bits per heavy atom. The third-order valence-electron chi connectivity index (χ3n) is 3.63. The lowest BCUT2D eigenvalue weighted by atomic mass is 10.2. The summed E-state index contributed by atoms with van der Waals surface area (Å²) in [6.07, 6.45) is 9.20. The van der Waals surface area contributed by atoms with Crippen LogP contribution in [0.4, 0.5) is 5.82 Å². The van der Waals surface area contributed by atoms with Crippen molar-refractivity contribution in [2.24, 2.45) is 0 Å². The van der Waals surface area contributed by atoms with Crippen LogP contribution in [0.25, 0.3) is 5.65 Å². The van der Waals surface area contributed by atoms with Crippen molar-refractivity contribution in [2.45, 2.75) is 51.5 Å². The second kappa shape index (κ2) is 4.96. The summed E-state index contributed by atoms with van der Waals surface area (Å²) in [5, 5.41) is 7.98. The summed E-state index contributed by atoms with van der Waals surface area (Å²) in [7, 11) is 0. The van der Waals surface area contributed by atoms with Crippen molar-refractivity contribution in [2.75, 3.05) is 5.32 Å². The third kappa shape index (κ3) is 2.19. The van der Waals surface area contributed by atoms with Crippen molar-refractivity contribution in [1.29, 1.82) is 0 Å². The fraction of sp³-hybridized carbons (Fsp3) is 0.571. The molecule has 2 aromatic rings. The zero-order valence-corrected chi connectivity index (χ0v) is 10.9. The maximum Gasteiger partial charge on any atom is 0.157 e. The van der Waals surface area contributed by atoms with Gasteiger partial charge in [-0.2, -0.15) is 9.61 Å². The quantitative estimate of drug-likeness (QED) is 0.899. The Balaban J connectivity index is 1.93. The van der Waals surface area contributed by atoms with Crippen LogP contribution in [0.5, 0.6) is 0 Å². The molecule has 0 aromatic carbocycles. The molecule has 2 heterocycles. The van der Waals surface area contributed by atoms with Gasteiger partial charge in [-0.25, -0.2) is 4.98 Å². The van der Waals surface area contributed by atoms with Gasteiger partial charge in [0.2, 0.25) is 0 Å². The van der Waals surface area contributed by atoms with Gasteiger partial charge in [0.25, 0.3) is 0 Å². The number of hydrogen-bond acceptors (Lipinski definition) is 3. The monoisotopic (exact) mass is 244 g/mol. The van der Waals surface area contributed by atoms with E-state index in [0.717, 1.165) is 30.0 Å². The van der Waals surface area contributed by atoms with Crippen LogP contribution in [0.3, 0.4) is 0 Å². The van der Waals surface area contributed by atoms with Crippen LogP contribution in [0.15, 0.2) is 18.3 Å². The van der Waals surface area contributed by atoms with Crippen LogP contribution in [0.2, 0.25) is 0 Å². The highest BCUT2D eigenvalue weighted by Crippen LogP contribution is 2.23. The fourth-order valence-corrected chi connectivity index (χ4v) is 2.73. The van der Waals surface area contributed by atoms with E-state index >= 15 is 0 Å². The Kier molecular flexibility index (Phi) is 3.17. The van der Waals surface area contributed by atoms with Gasteiger partial charge in [-0.1, -0.05) is 26.2 Å². The van der Waals surface area contributed by atoms with E-state index in [4.69, 9.17) is 0 Å². The minimum absolute atomic E-state index is 0.606. The van der Waals surface area contributed by atoms with E-state index < -0.39 is 0 Å². The van der Waals surface area contributed by atoms with E-state index in [0.29, 0.717) is 6.04 Å². The maximum absolute atomic E-state index is 4.62. The number of anilines is 1. The highest BCUT2D eigenvalue weighted by atomic mass is 15.3. The number of rotatable bonds is 4. The molecular weight excluding hydrogens is 224 g/mol. The number of nitrogens with zero attached hydrogens (tertiary/aromatic N) is 3. The topological polar surface area (TPSA) is 42.2 Å². The Morgan fingerprint density at radius 3 is 3.00 bits per heavy atom. The molecular formula is C14H20N4. The normalized spacial score (nSPS) is 16.5. The average molecular weight is 244 g/mol. The SMILES string of the molecule is CCCc1cc(NC2CCCC2)n2nccc2n1. The first kappa shape index (κ1) is 11.5. The summed E-state index contributed by atoms with van der Waals surface area (Å²) in [5.74, 6) is 1.10. The molecule has 0 atom stereocenters. The smallest absolute Gasteiger partial charge is 0.157 e. The van der Waals surface area contributed by atoms with E-state index in [1.165, 1.54) is 25.7 Å². The first-order valence-corrected chi connectivity index (χ1v) is 6.97. The first-order valence-electron chi connectivity index (χ1n) is 6.97. The molecule has 1 saturated carbocycles. The predicted molar refractivity (Wildman–Crippen MR) is 72.9 cm³/mol. The van der Waals surface area contributed by atoms with Crippen LogP contribution in [-0.2, 0) is 6.42 Å². The summed E-state index contributed by atoms with van der Waals surface area (Å²) in [4.78, 5) is 4.62. The molecule has 0 amide bonds. The van der Waals surface area contributed by atoms with Crippen LogP contribution in [0.1, 0.15) is 44.7 Å². The Labute approximate surface area is 107 Å². The molecule has 4 heteroatoms. The van der Waals surface area contributed by atoms with Crippen molar-refractivity contribution < 1.29 is 0 Å². The van der Waals surface area contributed by atoms with Crippen molar-refractivity contribution in [3.8, 4) is 0 Å². The van der Waals surface area contributed by atoms with Crippen molar-refractivity contribution in [1.82, 2.24) is 14.6 Å². The standard InChI is InChI=1S/C14H20N4/c1-2-5-12-10-14(16-11-6-3-4-7-11)18-13(17-12)8-9-15-18/h8-11,16H,2-7H2,1H3. The van der Waals surface area contributed by atoms with E-state index in [1.807, 2.05) is 16.8 Å². The number of fused-ring (bicyclic) bond motifs is 1. The van der Waals surface area contributed by atoms with Gasteiger partial charge in [-0.15, -0.1) is 0 Å². The van der Waals surface area contributed by atoms with Crippen LogP contribution >= 0.6 is 0 Å². The van der Waals surface area contributed by atoms with Gasteiger partial charge >= 0.3 is 0 Å². The molecule has 96 valence electrons. The van der Waals surface area contributed by atoms with Gasteiger partial charge in [-0.05, 0) is 19.3 Å². The Hall–Kier alpha value is -1.58. The third-order valence-corrected chi connectivity index (χ3v) is 3.63. The van der Waals surface area contributed by atoms with E-state index in [1.54, 1.807) is 0 Å². The number of aromatic nitrogens is 3. The second-order valence-corrected chi connectivity index (χ2v) is 5.11. The highest BCUT2D eigenvalue weighted by Gasteiger charge is 2.16. The lowest BCUT2D eigenvalue weighted by Crippen LogP contribution is -2.17. The molecule has 0 aliphatic heterocycles. The molecule has 0 unspecified atom stereocenters. The van der Waals surface area contributed by atoms with Gasteiger partial charge in [0, 0.05) is 23.9 Å². The highest BCUT2D eigenvalue weighted by molar-refractivity contribution is 5.49. The van der Waals surface area contributed by atoms with Crippen LogP contribution in [0, 0.1) is 0 Å². The van der Waals surface area contributed by atoms with Gasteiger partial charge in [0.15, 0.2) is 5.65 Å². The fourth-order valence-electron chi connectivity index (χ4n) is 2.73. The Morgan fingerprint density at radius 1 is 1.39 bits per heavy atom. The predicted octanol–water partition coefficient (Wildman–Crippen LogP) is 3.04. The zero-order chi connectivity index (χ0) is 12.4. The molecule has 0 bridgehead atoms. The summed E-state index contributed by atoms with van der Waals surface area (Å²) in [6.45, 7) is 2.19. The average Bonchev–Trinajstić information content (AvgIpc) is 2.99. The molecule has 1 fully saturated rings. The van der Waals surface area contributed by atoms with Crippen molar-refractivity contribution >= 4 is 11.5 Å². The number of aryl methyl sites for hydroxylation is 1. The minimum Gasteiger partial charge on any atom is -0.367 e. The molecule has 3 rings (SSSR count). The summed E-state index contributed by atoms with van der Waals surface area (Å²) < 4.78 is 1.91. The molecule has 0 saturated heterocycles. The first-order chi connectivity index (χ1) is 8.86. The molecule has 0 spiro atoms. The largest absolute Gasteiger partial charge is 0.367 e. The van der Waals surface area contributed by atoms with Crippen LogP contribution < -0.4 is 5.32 Å². The van der Waals surface area contributed by atoms with Gasteiger partial charge in [0.05, 0.1) is 6.20 Å². The minimum atomic E-state index is 0.606. The molecule has 0 radical (unpaired) electrons. The van der Waals surface area contributed by atoms with E-state index in [9.17, 15) is 0 Å². The molecule has 1 N–H and O–H groups in total. The van der Waals surface area contributed by atoms with Crippen LogP contribution in [-0.4, -0.2) is 20.6 Å². The van der Waals surface area contributed by atoms with E-state index in [-0.39, 0.29) is 0 Å². The zero-order valence-electron chi connectivity index (χ0n) is 10.9. The number of nitrogens with one attached hydrogen (secondary N) is 1. The van der Waals surface area contributed by atoms with Crippen molar-refractivity contribution in [3.63, 3.8) is 0 Å². The van der Waals surface area contributed by atoms with E-state index in [2.05, 4.69) is 28.4 Å². The summed E-state index contributed by atoms with van der Waals surface area (Å²) in [5.41, 5.74) is 2.10. The maximum atomic E-state index is 4.62. The lowest BCUT2D eigenvalue weighted by Gasteiger charge is -2.15. The molecule has 4 nitrogen and oxygen atoms in total. The lowest BCUT2D eigenvalue weighted by molar-refractivity contribution is 0.738. The van der Waals surface area contributed by atoms with Gasteiger partial charge in [0.1, 0.15) is 5.82 Å². The van der Waals surface area contributed by atoms with Gasteiger partial charge in [-0.3, -0.25) is 0 Å². The molecule has 1 aliphatic carbocycles. The Bertz CT molecular complexity index is 526. The summed E-state index contributed by atoms with van der Waals surface area (Å²) in [6, 6.07) is 4.73. The summed E-state index contributed by atoms with van der Waals surface area (Å²) >= 11 is 0. The molecule has 1 aliphatic rings. The van der Waals surface area contributed by atoms with Crippen molar-refractivity contribution in [3.05, 3.63) is 24.0 Å². The second-order valence-electron chi connectivity index (χ2n) is 5.11. The van der Waals surface area contributed by atoms with Gasteiger partial charge < -0.3 is 5.32 Å². The molecule has 18 heavy (non-hydrogen) atoms.